The van der Waals surface area contributed by atoms with Crippen LogP contribution in [-0.4, -0.2) is 37.7 Å². The van der Waals surface area contributed by atoms with Crippen LogP contribution < -0.4 is 5.73 Å². The third kappa shape index (κ3) is 97.9. The van der Waals surface area contributed by atoms with Gasteiger partial charge < -0.3 is 5.73 Å². The van der Waals surface area contributed by atoms with Crippen molar-refractivity contribution in [2.45, 2.75) is 7.43 Å². The van der Waals surface area contributed by atoms with Crippen molar-refractivity contribution in [2.75, 3.05) is 0 Å². The normalized spacial score (nSPS) is 1.40. The summed E-state index contributed by atoms with van der Waals surface area (Å²) in [5.74, 6) is 0. The van der Waals surface area contributed by atoms with E-state index in [1.807, 2.05) is 0 Å². The van der Waals surface area contributed by atoms with Crippen molar-refractivity contribution in [1.82, 2.24) is 0 Å². The standard InChI is InChI=1S/CH2N2.CH4.Ca/c2-1-3;;/h2H2;1H4;. The van der Waals surface area contributed by atoms with Gasteiger partial charge in [0.25, 0.3) is 0 Å². The zero-order valence-electron chi connectivity index (χ0n) is 2.23. The second-order valence-corrected chi connectivity index (χ2v) is 0.129. The molecule has 0 atom stereocenters. The van der Waals surface area contributed by atoms with Gasteiger partial charge in [-0.05, 0) is 0 Å². The largest absolute Gasteiger partial charge is 0.337 e. The SMILES string of the molecule is C.N#CN.[Ca]. The maximum absolute atomic E-state index is 7.10. The molecular formula is C2H6CaN2. The van der Waals surface area contributed by atoms with Crippen molar-refractivity contribution >= 4 is 37.7 Å². The van der Waals surface area contributed by atoms with E-state index in [1.54, 1.807) is 0 Å². The predicted octanol–water partition coefficient (Wildman–Crippen LogP) is -0.319. The van der Waals surface area contributed by atoms with E-state index in [9.17, 15) is 0 Å². The molecule has 26 valence electrons. The van der Waals surface area contributed by atoms with Crippen LogP contribution in [0.15, 0.2) is 0 Å². The number of nitrogens with zero attached hydrogens (tertiary/aromatic N) is 1. The number of rotatable bonds is 0. The van der Waals surface area contributed by atoms with Crippen molar-refractivity contribution in [1.29, 1.82) is 5.26 Å². The number of nitriles is 1. The van der Waals surface area contributed by atoms with Crippen molar-refractivity contribution in [3.63, 3.8) is 0 Å². The Balaban J connectivity index is -0.0000000200. The molecule has 2 nitrogen and oxygen atoms in total. The second-order valence-electron chi connectivity index (χ2n) is 0.129. The van der Waals surface area contributed by atoms with Crippen LogP contribution in [0.4, 0.5) is 0 Å². The molecule has 0 rings (SSSR count). The van der Waals surface area contributed by atoms with E-state index in [0.717, 1.165) is 0 Å². The van der Waals surface area contributed by atoms with Crippen molar-refractivity contribution in [3.8, 4) is 6.19 Å². The molecule has 0 fully saturated rings. The summed E-state index contributed by atoms with van der Waals surface area (Å²) in [4.78, 5) is 0. The molecule has 0 saturated carbocycles. The van der Waals surface area contributed by atoms with E-state index in [4.69, 9.17) is 5.26 Å². The topological polar surface area (TPSA) is 49.8 Å². The van der Waals surface area contributed by atoms with Gasteiger partial charge in [0, 0.05) is 37.7 Å². The molecule has 0 aliphatic rings. The van der Waals surface area contributed by atoms with Crippen LogP contribution in [-0.2, 0) is 0 Å². The Hall–Kier alpha value is 0.550. The van der Waals surface area contributed by atoms with Gasteiger partial charge in [-0.3, -0.25) is 0 Å². The summed E-state index contributed by atoms with van der Waals surface area (Å²) in [5, 5.41) is 7.10. The Kier molecular flexibility index (Phi) is 84.4. The van der Waals surface area contributed by atoms with Gasteiger partial charge in [-0.15, -0.1) is 0 Å². The summed E-state index contributed by atoms with van der Waals surface area (Å²) in [5.41, 5.74) is 4.15. The quantitative estimate of drug-likeness (QED) is 0.256. The summed E-state index contributed by atoms with van der Waals surface area (Å²) < 4.78 is 0. The van der Waals surface area contributed by atoms with Gasteiger partial charge in [0.2, 0.25) is 0 Å². The summed E-state index contributed by atoms with van der Waals surface area (Å²) in [6.07, 6.45) is 1.25. The minimum absolute atomic E-state index is 0. The molecule has 0 aliphatic heterocycles. The van der Waals surface area contributed by atoms with Gasteiger partial charge in [0.15, 0.2) is 6.19 Å². The van der Waals surface area contributed by atoms with Gasteiger partial charge >= 0.3 is 0 Å². The third-order valence-corrected chi connectivity index (χ3v) is 0. The van der Waals surface area contributed by atoms with Gasteiger partial charge in [-0.25, -0.2) is 0 Å². The van der Waals surface area contributed by atoms with E-state index in [1.165, 1.54) is 6.19 Å². The maximum Gasteiger partial charge on any atom is 0.173 e. The van der Waals surface area contributed by atoms with Gasteiger partial charge in [0.1, 0.15) is 0 Å². The Morgan fingerprint density at radius 3 is 1.60 bits per heavy atom. The van der Waals surface area contributed by atoms with Crippen molar-refractivity contribution in [3.05, 3.63) is 0 Å². The molecule has 3 heteroatoms. The van der Waals surface area contributed by atoms with Crippen LogP contribution in [0, 0.1) is 11.5 Å². The Morgan fingerprint density at radius 1 is 1.60 bits per heavy atom. The molecule has 0 amide bonds. The molecule has 0 heterocycles. The Labute approximate surface area is 62.0 Å². The van der Waals surface area contributed by atoms with Crippen molar-refractivity contribution in [2.24, 2.45) is 5.73 Å². The molecule has 0 unspecified atom stereocenters. The summed E-state index contributed by atoms with van der Waals surface area (Å²) in [6, 6.07) is 0. The predicted molar refractivity (Wildman–Crippen MR) is 22.3 cm³/mol. The van der Waals surface area contributed by atoms with E-state index in [0.29, 0.717) is 0 Å². The molecule has 0 bridgehead atoms. The summed E-state index contributed by atoms with van der Waals surface area (Å²) in [7, 11) is 0. The second kappa shape index (κ2) is 23.9. The zero-order chi connectivity index (χ0) is 2.71. The van der Waals surface area contributed by atoms with E-state index < -0.39 is 0 Å². The average Bonchev–Trinajstić information content (AvgIpc) is 0.918. The molecule has 0 spiro atoms. The monoisotopic (exact) mass is 98.0 g/mol. The Bertz CT molecular complexity index is 29.1. The number of hydrogen-bond donors (Lipinski definition) is 1. The van der Waals surface area contributed by atoms with Crippen LogP contribution in [0.5, 0.6) is 0 Å². The third-order valence-electron chi connectivity index (χ3n) is 0. The molecule has 2 N–H and O–H groups in total. The molecule has 2 radical (unpaired) electrons. The van der Waals surface area contributed by atoms with E-state index in [-0.39, 0.29) is 45.2 Å². The van der Waals surface area contributed by atoms with Crippen molar-refractivity contribution < 1.29 is 0 Å². The molecule has 0 aromatic carbocycles. The molecule has 0 saturated heterocycles. The minimum atomic E-state index is 0. The summed E-state index contributed by atoms with van der Waals surface area (Å²) >= 11 is 0. The van der Waals surface area contributed by atoms with Crippen LogP contribution in [0.25, 0.3) is 0 Å². The zero-order valence-corrected chi connectivity index (χ0v) is 4.44. The first-order valence-corrected chi connectivity index (χ1v) is 0.512. The first kappa shape index (κ1) is 17.7. The first-order valence-electron chi connectivity index (χ1n) is 0.512. The van der Waals surface area contributed by atoms with Gasteiger partial charge in [0.05, 0.1) is 0 Å². The van der Waals surface area contributed by atoms with E-state index in [2.05, 4.69) is 5.73 Å². The first-order chi connectivity index (χ1) is 1.41. The average molecular weight is 98.2 g/mol. The van der Waals surface area contributed by atoms with Crippen LogP contribution >= 0.6 is 0 Å². The van der Waals surface area contributed by atoms with Crippen LogP contribution in [0.2, 0.25) is 0 Å². The number of nitrogens with two attached hydrogens (primary N) is 1. The molecular weight excluding hydrogens is 92.1 g/mol. The summed E-state index contributed by atoms with van der Waals surface area (Å²) in [6.45, 7) is 0. The smallest absolute Gasteiger partial charge is 0.173 e. The maximum atomic E-state index is 7.10. The fraction of sp³-hybridized carbons (Fsp3) is 0.500. The molecule has 0 aromatic heterocycles. The molecule has 0 aromatic rings. The van der Waals surface area contributed by atoms with Crippen LogP contribution in [0.3, 0.4) is 0 Å². The fourth-order valence-corrected chi connectivity index (χ4v) is 0. The Morgan fingerprint density at radius 2 is 1.60 bits per heavy atom. The molecule has 0 aliphatic carbocycles. The van der Waals surface area contributed by atoms with Crippen LogP contribution in [0.1, 0.15) is 7.43 Å². The van der Waals surface area contributed by atoms with E-state index >= 15 is 0 Å². The van der Waals surface area contributed by atoms with Gasteiger partial charge in [-0.1, -0.05) is 7.43 Å². The minimum Gasteiger partial charge on any atom is -0.337 e. The molecule has 5 heavy (non-hydrogen) atoms. The number of hydrogen-bond acceptors (Lipinski definition) is 2. The van der Waals surface area contributed by atoms with Gasteiger partial charge in [-0.2, -0.15) is 5.26 Å². The fourth-order valence-electron chi connectivity index (χ4n) is 0.